The van der Waals surface area contributed by atoms with Gasteiger partial charge in [0.2, 0.25) is 5.91 Å². The Morgan fingerprint density at radius 3 is 2.53 bits per heavy atom. The third-order valence-electron chi connectivity index (χ3n) is 5.83. The molecule has 0 atom stereocenters. The van der Waals surface area contributed by atoms with Crippen LogP contribution in [0.4, 0.5) is 0 Å². The van der Waals surface area contributed by atoms with E-state index in [1.165, 1.54) is 0 Å². The van der Waals surface area contributed by atoms with E-state index in [0.29, 0.717) is 0 Å². The van der Waals surface area contributed by atoms with Crippen molar-refractivity contribution in [2.45, 2.75) is 26.7 Å². The number of hydrogen-bond acceptors (Lipinski definition) is 4. The molecule has 1 aromatic heterocycles. The first-order valence-electron chi connectivity index (χ1n) is 10.2. The predicted octanol–water partition coefficient (Wildman–Crippen LogP) is 5.45. The van der Waals surface area contributed by atoms with Crippen LogP contribution >= 0.6 is 0 Å². The SMILES string of the molecule is COc1ccccc1-c1coc2c(C)c(OC)c(/C(C)=C/C(=O)N3CCCC3)cc12. The minimum atomic E-state index is 0.0574. The van der Waals surface area contributed by atoms with Gasteiger partial charge < -0.3 is 18.8 Å². The second-order valence-electron chi connectivity index (χ2n) is 7.67. The minimum absolute atomic E-state index is 0.0574. The molecule has 1 saturated heterocycles. The lowest BCUT2D eigenvalue weighted by atomic mass is 9.96. The van der Waals surface area contributed by atoms with Gasteiger partial charge >= 0.3 is 0 Å². The number of fused-ring (bicyclic) bond motifs is 1. The van der Waals surface area contributed by atoms with Gasteiger partial charge in [0.1, 0.15) is 17.1 Å². The van der Waals surface area contributed by atoms with Crippen LogP contribution in [0.1, 0.15) is 30.9 Å². The lowest BCUT2D eigenvalue weighted by Gasteiger charge is -2.16. The summed E-state index contributed by atoms with van der Waals surface area (Å²) >= 11 is 0. The average Bonchev–Trinajstić information content (AvgIpc) is 3.44. The fourth-order valence-corrected chi connectivity index (χ4v) is 4.24. The van der Waals surface area contributed by atoms with Crippen LogP contribution in [0.25, 0.3) is 27.7 Å². The highest BCUT2D eigenvalue weighted by atomic mass is 16.5. The lowest BCUT2D eigenvalue weighted by Crippen LogP contribution is -2.25. The van der Waals surface area contributed by atoms with E-state index in [1.54, 1.807) is 26.6 Å². The largest absolute Gasteiger partial charge is 0.496 e. The molecule has 1 aliphatic heterocycles. The van der Waals surface area contributed by atoms with Gasteiger partial charge in [-0.25, -0.2) is 0 Å². The Kier molecular flexibility index (Phi) is 5.53. The Morgan fingerprint density at radius 2 is 1.83 bits per heavy atom. The first-order chi connectivity index (χ1) is 14.5. The molecule has 0 aliphatic carbocycles. The van der Waals surface area contributed by atoms with Crippen molar-refractivity contribution in [2.75, 3.05) is 27.3 Å². The Labute approximate surface area is 176 Å². The van der Waals surface area contributed by atoms with Gasteiger partial charge in [0.25, 0.3) is 0 Å². The first-order valence-corrected chi connectivity index (χ1v) is 10.2. The van der Waals surface area contributed by atoms with Gasteiger partial charge in [-0.15, -0.1) is 0 Å². The highest BCUT2D eigenvalue weighted by Crippen LogP contribution is 2.42. The standard InChI is InChI=1S/C25H27NO4/c1-16(13-23(27)26-11-7-8-12-26)19-14-20-21(18-9-5-6-10-22(18)28-3)15-30-25(20)17(2)24(19)29-4/h5-6,9-10,13-15H,7-8,11-12H2,1-4H3/b16-13+. The number of furan rings is 1. The Bertz CT molecular complexity index is 1120. The van der Waals surface area contributed by atoms with E-state index in [-0.39, 0.29) is 5.91 Å². The number of nitrogens with zero attached hydrogens (tertiary/aromatic N) is 1. The van der Waals surface area contributed by atoms with Gasteiger partial charge in [-0.1, -0.05) is 18.2 Å². The molecule has 0 unspecified atom stereocenters. The molecule has 4 rings (SSSR count). The third kappa shape index (κ3) is 3.45. The van der Waals surface area contributed by atoms with E-state index in [2.05, 4.69) is 6.07 Å². The molecular formula is C25H27NO4. The molecule has 5 heteroatoms. The maximum absolute atomic E-state index is 12.7. The van der Waals surface area contributed by atoms with Crippen LogP contribution in [0.2, 0.25) is 0 Å². The molecule has 1 fully saturated rings. The summed E-state index contributed by atoms with van der Waals surface area (Å²) in [5.41, 5.74) is 5.37. The van der Waals surface area contributed by atoms with Crippen molar-refractivity contribution in [3.63, 3.8) is 0 Å². The van der Waals surface area contributed by atoms with Crippen molar-refractivity contribution < 1.29 is 18.7 Å². The molecule has 0 saturated carbocycles. The van der Waals surface area contributed by atoms with Crippen LogP contribution in [0.3, 0.4) is 0 Å². The van der Waals surface area contributed by atoms with Crippen molar-refractivity contribution in [1.29, 1.82) is 0 Å². The molecule has 30 heavy (non-hydrogen) atoms. The van der Waals surface area contributed by atoms with Crippen LogP contribution < -0.4 is 9.47 Å². The highest BCUT2D eigenvalue weighted by molar-refractivity contribution is 6.02. The van der Waals surface area contributed by atoms with Crippen molar-refractivity contribution in [2.24, 2.45) is 0 Å². The Balaban J connectivity index is 1.86. The highest BCUT2D eigenvalue weighted by Gasteiger charge is 2.21. The molecule has 0 spiro atoms. The maximum atomic E-state index is 12.7. The summed E-state index contributed by atoms with van der Waals surface area (Å²) in [6, 6.07) is 9.93. The van der Waals surface area contributed by atoms with Gasteiger partial charge in [0.15, 0.2) is 0 Å². The number of benzene rings is 2. The number of aryl methyl sites for hydroxylation is 1. The second kappa shape index (κ2) is 8.27. The molecule has 2 aromatic carbocycles. The average molecular weight is 405 g/mol. The van der Waals surface area contributed by atoms with E-state index in [1.807, 2.05) is 43.0 Å². The number of allylic oxidation sites excluding steroid dienone is 1. The number of rotatable bonds is 5. The summed E-state index contributed by atoms with van der Waals surface area (Å²) in [6.07, 6.45) is 5.62. The predicted molar refractivity (Wildman–Crippen MR) is 119 cm³/mol. The van der Waals surface area contributed by atoms with E-state index >= 15 is 0 Å². The van der Waals surface area contributed by atoms with Gasteiger partial charge in [-0.3, -0.25) is 4.79 Å². The molecule has 0 radical (unpaired) electrons. The van der Waals surface area contributed by atoms with Gasteiger partial charge in [0.05, 0.1) is 20.5 Å². The summed E-state index contributed by atoms with van der Waals surface area (Å²) < 4.78 is 17.2. The van der Waals surface area contributed by atoms with Crippen LogP contribution in [-0.4, -0.2) is 38.1 Å². The quantitative estimate of drug-likeness (QED) is 0.530. The zero-order chi connectivity index (χ0) is 21.3. The van der Waals surface area contributed by atoms with Crippen LogP contribution in [0.15, 0.2) is 47.1 Å². The molecule has 5 nitrogen and oxygen atoms in total. The topological polar surface area (TPSA) is 51.9 Å². The molecule has 156 valence electrons. The number of ether oxygens (including phenoxy) is 2. The number of methoxy groups -OCH3 is 2. The molecule has 1 amide bonds. The summed E-state index contributed by atoms with van der Waals surface area (Å²) in [6.45, 7) is 5.60. The van der Waals surface area contributed by atoms with Crippen LogP contribution in [-0.2, 0) is 4.79 Å². The maximum Gasteiger partial charge on any atom is 0.246 e. The zero-order valence-electron chi connectivity index (χ0n) is 18.0. The Hall–Kier alpha value is -3.21. The number of para-hydroxylation sites is 1. The third-order valence-corrected chi connectivity index (χ3v) is 5.83. The molecule has 1 aliphatic rings. The van der Waals surface area contributed by atoms with Crippen LogP contribution in [0.5, 0.6) is 11.5 Å². The fourth-order valence-electron chi connectivity index (χ4n) is 4.24. The minimum Gasteiger partial charge on any atom is -0.496 e. The monoisotopic (exact) mass is 405 g/mol. The van der Waals surface area contributed by atoms with Gasteiger partial charge in [0, 0.05) is 46.8 Å². The number of carbonyl (C=O) groups excluding carboxylic acids is 1. The van der Waals surface area contributed by atoms with E-state index in [9.17, 15) is 4.79 Å². The summed E-state index contributed by atoms with van der Waals surface area (Å²) in [4.78, 5) is 14.6. The molecular weight excluding hydrogens is 378 g/mol. The Morgan fingerprint density at radius 1 is 1.10 bits per heavy atom. The van der Waals surface area contributed by atoms with Gasteiger partial charge in [-0.05, 0) is 44.4 Å². The summed E-state index contributed by atoms with van der Waals surface area (Å²) in [5.74, 6) is 1.57. The van der Waals surface area contributed by atoms with E-state index in [4.69, 9.17) is 13.9 Å². The molecule has 3 aromatic rings. The number of carbonyl (C=O) groups is 1. The van der Waals surface area contributed by atoms with E-state index < -0.39 is 0 Å². The molecule has 2 heterocycles. The normalized spacial score (nSPS) is 14.4. The summed E-state index contributed by atoms with van der Waals surface area (Å²) in [7, 11) is 3.31. The van der Waals surface area contributed by atoms with E-state index in [0.717, 1.165) is 76.2 Å². The number of likely N-dealkylation sites (tertiary alicyclic amines) is 1. The first kappa shape index (κ1) is 20.1. The van der Waals surface area contributed by atoms with Crippen molar-refractivity contribution in [3.05, 3.63) is 53.8 Å². The molecule has 0 bridgehead atoms. The van der Waals surface area contributed by atoms with Crippen molar-refractivity contribution >= 4 is 22.4 Å². The number of amides is 1. The summed E-state index contributed by atoms with van der Waals surface area (Å²) in [5, 5.41) is 0.967. The van der Waals surface area contributed by atoms with Crippen molar-refractivity contribution in [3.8, 4) is 22.6 Å². The lowest BCUT2D eigenvalue weighted by molar-refractivity contribution is -0.124. The number of hydrogen-bond donors (Lipinski definition) is 0. The smallest absolute Gasteiger partial charge is 0.246 e. The second-order valence-corrected chi connectivity index (χ2v) is 7.67. The van der Waals surface area contributed by atoms with Gasteiger partial charge in [-0.2, -0.15) is 0 Å². The molecule has 0 N–H and O–H groups in total. The van der Waals surface area contributed by atoms with Crippen molar-refractivity contribution in [1.82, 2.24) is 4.90 Å². The zero-order valence-corrected chi connectivity index (χ0v) is 18.0. The van der Waals surface area contributed by atoms with Crippen LogP contribution in [0, 0.1) is 6.92 Å². The fraction of sp³-hybridized carbons (Fsp3) is 0.320.